The van der Waals surface area contributed by atoms with Crippen molar-refractivity contribution in [2.24, 2.45) is 0 Å². The lowest BCUT2D eigenvalue weighted by atomic mass is 10.2. The van der Waals surface area contributed by atoms with Crippen LogP contribution in [0.25, 0.3) is 0 Å². The van der Waals surface area contributed by atoms with Gasteiger partial charge in [-0.25, -0.2) is 4.79 Å². The summed E-state index contributed by atoms with van der Waals surface area (Å²) in [6, 6.07) is 7.42. The van der Waals surface area contributed by atoms with Crippen LogP contribution in [0.1, 0.15) is 19.4 Å². The fraction of sp³-hybridized carbons (Fsp3) is 0.429. The predicted molar refractivity (Wildman–Crippen MR) is 81.9 cm³/mol. The van der Waals surface area contributed by atoms with E-state index in [2.05, 4.69) is 15.4 Å². The first-order valence-electron chi connectivity index (χ1n) is 6.32. The summed E-state index contributed by atoms with van der Waals surface area (Å²) in [5, 5.41) is 5.53. The maximum absolute atomic E-state index is 11.6. The van der Waals surface area contributed by atoms with Crippen molar-refractivity contribution < 1.29 is 14.3 Å². The first kappa shape index (κ1) is 16.4. The number of hydrogen-bond donors (Lipinski definition) is 2. The van der Waals surface area contributed by atoms with Gasteiger partial charge in [-0.3, -0.25) is 4.79 Å². The summed E-state index contributed by atoms with van der Waals surface area (Å²) in [5.74, 6) is 0.777. The van der Waals surface area contributed by atoms with Crippen LogP contribution < -0.4 is 10.6 Å². The molecule has 6 heteroatoms. The predicted octanol–water partition coefficient (Wildman–Crippen LogP) is 2.62. The van der Waals surface area contributed by atoms with E-state index in [0.717, 1.165) is 11.3 Å². The van der Waals surface area contributed by atoms with Gasteiger partial charge in [-0.1, -0.05) is 12.1 Å². The smallest absolute Gasteiger partial charge is 0.319 e. The molecule has 5 nitrogen and oxygen atoms in total. The molecule has 0 aliphatic heterocycles. The second kappa shape index (κ2) is 8.47. The Bertz CT molecular complexity index is 463. The standard InChI is InChI=1S/C14H20N2O3S/c1-10(2)15-14(18)16-12-6-4-5-11(7-12)8-20-9-13(17)19-3/h4-7,10H,8-9H2,1-3H3,(H2,15,16,18). The highest BCUT2D eigenvalue weighted by Gasteiger charge is 2.05. The number of rotatable bonds is 6. The van der Waals surface area contributed by atoms with E-state index in [1.54, 1.807) is 0 Å². The van der Waals surface area contributed by atoms with E-state index in [0.29, 0.717) is 11.5 Å². The molecule has 0 unspecified atom stereocenters. The average molecular weight is 296 g/mol. The number of hydrogen-bond acceptors (Lipinski definition) is 4. The number of esters is 1. The van der Waals surface area contributed by atoms with Gasteiger partial charge in [-0.05, 0) is 31.5 Å². The number of anilines is 1. The van der Waals surface area contributed by atoms with E-state index in [1.165, 1.54) is 18.9 Å². The summed E-state index contributed by atoms with van der Waals surface area (Å²) < 4.78 is 4.58. The Kier molecular flexibility index (Phi) is 6.93. The van der Waals surface area contributed by atoms with E-state index >= 15 is 0 Å². The molecule has 0 atom stereocenters. The first-order valence-corrected chi connectivity index (χ1v) is 7.47. The number of ether oxygens (including phenoxy) is 1. The van der Waals surface area contributed by atoms with Gasteiger partial charge in [0, 0.05) is 17.5 Å². The molecule has 1 aromatic carbocycles. The number of nitrogens with one attached hydrogen (secondary N) is 2. The Morgan fingerprint density at radius 3 is 2.75 bits per heavy atom. The third-order valence-corrected chi connectivity index (χ3v) is 3.30. The number of carbonyl (C=O) groups is 2. The van der Waals surface area contributed by atoms with Crippen LogP contribution in [-0.4, -0.2) is 30.9 Å². The highest BCUT2D eigenvalue weighted by atomic mass is 32.2. The number of thioether (sulfide) groups is 1. The molecule has 2 amide bonds. The maximum atomic E-state index is 11.6. The summed E-state index contributed by atoms with van der Waals surface area (Å²) in [4.78, 5) is 22.6. The SMILES string of the molecule is COC(=O)CSCc1cccc(NC(=O)NC(C)C)c1. The second-order valence-electron chi connectivity index (χ2n) is 4.52. The van der Waals surface area contributed by atoms with Gasteiger partial charge in [0.15, 0.2) is 0 Å². The lowest BCUT2D eigenvalue weighted by Gasteiger charge is -2.11. The molecule has 110 valence electrons. The summed E-state index contributed by atoms with van der Waals surface area (Å²) in [7, 11) is 1.38. The largest absolute Gasteiger partial charge is 0.468 e. The fourth-order valence-electron chi connectivity index (χ4n) is 1.48. The van der Waals surface area contributed by atoms with Crippen molar-refractivity contribution in [2.45, 2.75) is 25.6 Å². The van der Waals surface area contributed by atoms with Gasteiger partial charge in [0.25, 0.3) is 0 Å². The molecular formula is C14H20N2O3S. The molecule has 0 aliphatic rings. The Balaban J connectivity index is 2.49. The van der Waals surface area contributed by atoms with Crippen LogP contribution in [0, 0.1) is 0 Å². The lowest BCUT2D eigenvalue weighted by molar-refractivity contribution is -0.137. The Labute approximate surface area is 123 Å². The van der Waals surface area contributed by atoms with Crippen molar-refractivity contribution in [1.82, 2.24) is 5.32 Å². The van der Waals surface area contributed by atoms with E-state index in [-0.39, 0.29) is 18.0 Å². The molecule has 1 aromatic rings. The zero-order chi connectivity index (χ0) is 15.0. The molecule has 0 bridgehead atoms. The van der Waals surface area contributed by atoms with Gasteiger partial charge in [-0.2, -0.15) is 0 Å². The van der Waals surface area contributed by atoms with Crippen molar-refractivity contribution >= 4 is 29.4 Å². The monoisotopic (exact) mass is 296 g/mol. The van der Waals surface area contributed by atoms with Crippen LogP contribution in [0.2, 0.25) is 0 Å². The summed E-state index contributed by atoms with van der Waals surface area (Å²) in [5.41, 5.74) is 1.78. The normalized spacial score (nSPS) is 10.2. The molecule has 1 rings (SSSR count). The Morgan fingerprint density at radius 1 is 1.35 bits per heavy atom. The van der Waals surface area contributed by atoms with Gasteiger partial charge in [0.05, 0.1) is 12.9 Å². The minimum Gasteiger partial charge on any atom is -0.468 e. The molecule has 0 aromatic heterocycles. The van der Waals surface area contributed by atoms with Crippen molar-refractivity contribution in [3.8, 4) is 0 Å². The van der Waals surface area contributed by atoms with Gasteiger partial charge >= 0.3 is 12.0 Å². The van der Waals surface area contributed by atoms with Gasteiger partial charge in [-0.15, -0.1) is 11.8 Å². The zero-order valence-electron chi connectivity index (χ0n) is 11.9. The number of urea groups is 1. The molecule has 0 aliphatic carbocycles. The minimum absolute atomic E-state index is 0.0915. The van der Waals surface area contributed by atoms with Crippen molar-refractivity contribution in [3.63, 3.8) is 0 Å². The van der Waals surface area contributed by atoms with E-state index < -0.39 is 0 Å². The van der Waals surface area contributed by atoms with Crippen molar-refractivity contribution in [1.29, 1.82) is 0 Å². The maximum Gasteiger partial charge on any atom is 0.319 e. The summed E-state index contributed by atoms with van der Waals surface area (Å²) in [6.07, 6.45) is 0. The van der Waals surface area contributed by atoms with E-state index in [4.69, 9.17) is 0 Å². The number of amides is 2. The number of benzene rings is 1. The van der Waals surface area contributed by atoms with E-state index in [9.17, 15) is 9.59 Å². The van der Waals surface area contributed by atoms with Crippen LogP contribution >= 0.6 is 11.8 Å². The van der Waals surface area contributed by atoms with Crippen LogP contribution in [0.3, 0.4) is 0 Å². The highest BCUT2D eigenvalue weighted by molar-refractivity contribution is 7.99. The summed E-state index contributed by atoms with van der Waals surface area (Å²) >= 11 is 1.47. The molecule has 0 saturated carbocycles. The zero-order valence-corrected chi connectivity index (χ0v) is 12.8. The van der Waals surface area contributed by atoms with Crippen LogP contribution in [0.4, 0.5) is 10.5 Å². The molecule has 2 N–H and O–H groups in total. The first-order chi connectivity index (χ1) is 9.51. The molecule has 0 heterocycles. The third kappa shape index (κ3) is 6.47. The lowest BCUT2D eigenvalue weighted by Crippen LogP contribution is -2.34. The van der Waals surface area contributed by atoms with Gasteiger partial charge in [0.1, 0.15) is 0 Å². The highest BCUT2D eigenvalue weighted by Crippen LogP contribution is 2.16. The average Bonchev–Trinajstić information content (AvgIpc) is 2.37. The van der Waals surface area contributed by atoms with E-state index in [1.807, 2.05) is 38.1 Å². The van der Waals surface area contributed by atoms with Crippen LogP contribution in [0.5, 0.6) is 0 Å². The van der Waals surface area contributed by atoms with Gasteiger partial charge < -0.3 is 15.4 Å². The molecule has 20 heavy (non-hydrogen) atoms. The van der Waals surface area contributed by atoms with Crippen LogP contribution in [0.15, 0.2) is 24.3 Å². The topological polar surface area (TPSA) is 67.4 Å². The minimum atomic E-state index is -0.236. The summed E-state index contributed by atoms with van der Waals surface area (Å²) in [6.45, 7) is 3.80. The van der Waals surface area contributed by atoms with Crippen molar-refractivity contribution in [3.05, 3.63) is 29.8 Å². The van der Waals surface area contributed by atoms with Gasteiger partial charge in [0.2, 0.25) is 0 Å². The Hall–Kier alpha value is -1.69. The molecule has 0 fully saturated rings. The van der Waals surface area contributed by atoms with Crippen molar-refractivity contribution in [2.75, 3.05) is 18.2 Å². The molecule has 0 radical (unpaired) electrons. The number of methoxy groups -OCH3 is 1. The van der Waals surface area contributed by atoms with Crippen LogP contribution in [-0.2, 0) is 15.3 Å². The Morgan fingerprint density at radius 2 is 2.10 bits per heavy atom. The molecular weight excluding hydrogens is 276 g/mol. The number of carbonyl (C=O) groups excluding carboxylic acids is 2. The second-order valence-corrected chi connectivity index (χ2v) is 5.51. The molecule has 0 saturated heterocycles. The fourth-order valence-corrected chi connectivity index (χ4v) is 2.28. The quantitative estimate of drug-likeness (QED) is 0.792. The molecule has 0 spiro atoms. The third-order valence-electron chi connectivity index (χ3n) is 2.32.